The molecule has 4 heteroatoms. The van der Waals surface area contributed by atoms with Crippen molar-refractivity contribution < 1.29 is 14.3 Å². The van der Waals surface area contributed by atoms with E-state index >= 15 is 0 Å². The van der Waals surface area contributed by atoms with E-state index in [2.05, 4.69) is 12.2 Å². The highest BCUT2D eigenvalue weighted by Gasteiger charge is 2.13. The smallest absolute Gasteiger partial charge is 0.251 e. The van der Waals surface area contributed by atoms with Crippen molar-refractivity contribution in [3.05, 3.63) is 59.7 Å². The molecule has 0 unspecified atom stereocenters. The third-order valence-corrected chi connectivity index (χ3v) is 3.86. The number of carbonyl (C=O) groups is 1. The summed E-state index contributed by atoms with van der Waals surface area (Å²) in [6.45, 7) is 6.99. The maximum Gasteiger partial charge on any atom is 0.251 e. The molecular formula is C21H27NO3. The lowest BCUT2D eigenvalue weighted by Gasteiger charge is -2.15. The first kappa shape index (κ1) is 18.8. The molecule has 0 bridgehead atoms. The second-order valence-electron chi connectivity index (χ2n) is 6.02. The Balaban J connectivity index is 2.13. The van der Waals surface area contributed by atoms with Crippen LogP contribution in [0.5, 0.6) is 11.5 Å². The van der Waals surface area contributed by atoms with Crippen molar-refractivity contribution in [3.8, 4) is 11.5 Å². The summed E-state index contributed by atoms with van der Waals surface area (Å²) in [7, 11) is 0. The van der Waals surface area contributed by atoms with Crippen LogP contribution in [-0.2, 0) is 6.61 Å². The number of benzene rings is 2. The fourth-order valence-electron chi connectivity index (χ4n) is 2.62. The van der Waals surface area contributed by atoms with Gasteiger partial charge in [-0.3, -0.25) is 4.79 Å². The zero-order valence-corrected chi connectivity index (χ0v) is 15.2. The Morgan fingerprint density at radius 2 is 1.84 bits per heavy atom. The molecule has 1 N–H and O–H groups in total. The van der Waals surface area contributed by atoms with Gasteiger partial charge in [0.1, 0.15) is 18.1 Å². The van der Waals surface area contributed by atoms with Gasteiger partial charge >= 0.3 is 0 Å². The topological polar surface area (TPSA) is 47.6 Å². The van der Waals surface area contributed by atoms with Crippen LogP contribution in [-0.4, -0.2) is 18.6 Å². The van der Waals surface area contributed by atoms with Crippen molar-refractivity contribution in [2.45, 2.75) is 46.3 Å². The normalized spacial score (nSPS) is 11.6. The second-order valence-corrected chi connectivity index (χ2v) is 6.02. The van der Waals surface area contributed by atoms with E-state index in [1.807, 2.05) is 56.3 Å². The number of nitrogens with one attached hydrogen (secondary N) is 1. The third kappa shape index (κ3) is 5.82. The summed E-state index contributed by atoms with van der Waals surface area (Å²) < 4.78 is 11.5. The molecular weight excluding hydrogens is 314 g/mol. The fourth-order valence-corrected chi connectivity index (χ4v) is 2.62. The zero-order chi connectivity index (χ0) is 18.1. The molecule has 1 amide bonds. The summed E-state index contributed by atoms with van der Waals surface area (Å²) in [6.07, 6.45) is 2.01. The highest BCUT2D eigenvalue weighted by atomic mass is 16.5. The van der Waals surface area contributed by atoms with Crippen molar-refractivity contribution in [2.24, 2.45) is 0 Å². The molecule has 0 spiro atoms. The van der Waals surface area contributed by atoms with Crippen LogP contribution in [0, 0.1) is 0 Å². The molecule has 4 nitrogen and oxygen atoms in total. The Hall–Kier alpha value is -2.49. The summed E-state index contributed by atoms with van der Waals surface area (Å²) >= 11 is 0. The van der Waals surface area contributed by atoms with E-state index < -0.39 is 0 Å². The molecule has 2 aromatic rings. The van der Waals surface area contributed by atoms with Crippen LogP contribution in [0.25, 0.3) is 0 Å². The first-order chi connectivity index (χ1) is 12.1. The Morgan fingerprint density at radius 1 is 1.08 bits per heavy atom. The van der Waals surface area contributed by atoms with Gasteiger partial charge in [-0.25, -0.2) is 0 Å². The molecule has 0 saturated carbocycles. The number of hydrogen-bond acceptors (Lipinski definition) is 3. The molecule has 0 radical (unpaired) electrons. The van der Waals surface area contributed by atoms with Gasteiger partial charge in [-0.2, -0.15) is 0 Å². The van der Waals surface area contributed by atoms with Gasteiger partial charge in [0.2, 0.25) is 0 Å². The van der Waals surface area contributed by atoms with E-state index in [4.69, 9.17) is 9.47 Å². The Morgan fingerprint density at radius 3 is 2.52 bits per heavy atom. The summed E-state index contributed by atoms with van der Waals surface area (Å²) in [5.41, 5.74) is 1.49. The second kappa shape index (κ2) is 9.72. The van der Waals surface area contributed by atoms with Crippen LogP contribution in [0.3, 0.4) is 0 Å². The Bertz CT molecular complexity index is 670. The third-order valence-electron chi connectivity index (χ3n) is 3.86. The lowest BCUT2D eigenvalue weighted by atomic mass is 10.1. The number of amides is 1. The summed E-state index contributed by atoms with van der Waals surface area (Å²) in [5, 5.41) is 3.03. The highest BCUT2D eigenvalue weighted by molar-refractivity contribution is 5.94. The standard InChI is InChI=1S/C21H27NO3/c1-4-9-16(3)22-21(23)17-12-13-20(24-5-2)18(14-17)15-25-19-10-7-6-8-11-19/h6-8,10-14,16H,4-5,9,15H2,1-3H3,(H,22,23)/t16-/m0/s1. The van der Waals surface area contributed by atoms with Gasteiger partial charge in [-0.05, 0) is 50.6 Å². The molecule has 0 aliphatic carbocycles. The van der Waals surface area contributed by atoms with Crippen LogP contribution in [0.1, 0.15) is 49.5 Å². The molecule has 2 rings (SSSR count). The Kier molecular flexibility index (Phi) is 7.33. The minimum atomic E-state index is -0.0649. The van der Waals surface area contributed by atoms with Crippen molar-refractivity contribution in [1.82, 2.24) is 5.32 Å². The van der Waals surface area contributed by atoms with Crippen LogP contribution < -0.4 is 14.8 Å². The van der Waals surface area contributed by atoms with Gasteiger partial charge in [0.25, 0.3) is 5.91 Å². The van der Waals surface area contributed by atoms with E-state index in [-0.39, 0.29) is 11.9 Å². The van der Waals surface area contributed by atoms with Crippen LogP contribution >= 0.6 is 0 Å². The number of para-hydroxylation sites is 1. The van der Waals surface area contributed by atoms with Gasteiger partial charge in [0.15, 0.2) is 0 Å². The first-order valence-corrected chi connectivity index (χ1v) is 8.88. The Labute approximate surface area is 150 Å². The number of hydrogen-bond donors (Lipinski definition) is 1. The molecule has 0 aromatic heterocycles. The summed E-state index contributed by atoms with van der Waals surface area (Å²) in [4.78, 5) is 12.4. The largest absolute Gasteiger partial charge is 0.493 e. The molecule has 0 aliphatic rings. The summed E-state index contributed by atoms with van der Waals surface area (Å²) in [5.74, 6) is 1.47. The average Bonchev–Trinajstić information content (AvgIpc) is 2.62. The predicted octanol–water partition coefficient (Wildman–Crippen LogP) is 4.58. The van der Waals surface area contributed by atoms with Gasteiger partial charge < -0.3 is 14.8 Å². The molecule has 0 saturated heterocycles. The van der Waals surface area contributed by atoms with Gasteiger partial charge in [0, 0.05) is 17.2 Å². The van der Waals surface area contributed by atoms with Crippen molar-refractivity contribution in [3.63, 3.8) is 0 Å². The molecule has 134 valence electrons. The SMILES string of the molecule is CCC[C@H](C)NC(=O)c1ccc(OCC)c(COc2ccccc2)c1. The van der Waals surface area contributed by atoms with E-state index in [0.717, 1.165) is 29.9 Å². The van der Waals surface area contributed by atoms with Gasteiger partial charge in [0.05, 0.1) is 6.61 Å². The van der Waals surface area contributed by atoms with Gasteiger partial charge in [-0.1, -0.05) is 31.5 Å². The van der Waals surface area contributed by atoms with E-state index in [9.17, 15) is 4.79 Å². The van der Waals surface area contributed by atoms with Crippen molar-refractivity contribution >= 4 is 5.91 Å². The maximum absolute atomic E-state index is 12.4. The van der Waals surface area contributed by atoms with Gasteiger partial charge in [-0.15, -0.1) is 0 Å². The van der Waals surface area contributed by atoms with Crippen LogP contribution in [0.2, 0.25) is 0 Å². The van der Waals surface area contributed by atoms with Crippen molar-refractivity contribution in [1.29, 1.82) is 0 Å². The number of carbonyl (C=O) groups excluding carboxylic acids is 1. The monoisotopic (exact) mass is 341 g/mol. The van der Waals surface area contributed by atoms with Crippen LogP contribution in [0.4, 0.5) is 0 Å². The lowest BCUT2D eigenvalue weighted by Crippen LogP contribution is -2.32. The minimum absolute atomic E-state index is 0.0649. The van der Waals surface area contributed by atoms with E-state index in [1.165, 1.54) is 0 Å². The molecule has 1 atom stereocenters. The number of ether oxygens (including phenoxy) is 2. The van der Waals surface area contributed by atoms with Crippen LogP contribution in [0.15, 0.2) is 48.5 Å². The number of rotatable bonds is 9. The predicted molar refractivity (Wildman–Crippen MR) is 100 cm³/mol. The van der Waals surface area contributed by atoms with Crippen molar-refractivity contribution in [2.75, 3.05) is 6.61 Å². The quantitative estimate of drug-likeness (QED) is 0.726. The minimum Gasteiger partial charge on any atom is -0.493 e. The molecule has 2 aromatic carbocycles. The molecule has 0 heterocycles. The molecule has 0 fully saturated rings. The van der Waals surface area contributed by atoms with E-state index in [1.54, 1.807) is 6.07 Å². The van der Waals surface area contributed by atoms with E-state index in [0.29, 0.717) is 18.8 Å². The highest BCUT2D eigenvalue weighted by Crippen LogP contribution is 2.23. The maximum atomic E-state index is 12.4. The molecule has 25 heavy (non-hydrogen) atoms. The average molecular weight is 341 g/mol. The first-order valence-electron chi connectivity index (χ1n) is 8.88. The zero-order valence-electron chi connectivity index (χ0n) is 15.2. The summed E-state index contributed by atoms with van der Waals surface area (Å²) in [6, 6.07) is 15.3. The molecule has 0 aliphatic heterocycles. The fraction of sp³-hybridized carbons (Fsp3) is 0.381. The lowest BCUT2D eigenvalue weighted by molar-refractivity contribution is 0.0938.